The van der Waals surface area contributed by atoms with Gasteiger partial charge in [0.1, 0.15) is 0 Å². The van der Waals surface area contributed by atoms with Gasteiger partial charge in [-0.15, -0.1) is 0 Å². The standard InChI is InChI=1S/C18H23N3O2/c19-17(22)14-7-3-4-13(10-14)8-9-20-18(23)21-11-15-5-1-2-6-16(15)12-21/h1-4,7,10,15-16H,5-6,8-9,11-12H2,(H2,19,22)(H,20,23). The predicted molar refractivity (Wildman–Crippen MR) is 89.0 cm³/mol. The van der Waals surface area contributed by atoms with Crippen LogP contribution in [0.2, 0.25) is 0 Å². The summed E-state index contributed by atoms with van der Waals surface area (Å²) in [6, 6.07) is 7.25. The summed E-state index contributed by atoms with van der Waals surface area (Å²) in [5.41, 5.74) is 6.78. The van der Waals surface area contributed by atoms with Crippen molar-refractivity contribution in [2.45, 2.75) is 19.3 Å². The summed E-state index contributed by atoms with van der Waals surface area (Å²) in [5.74, 6) is 0.820. The number of nitrogens with zero attached hydrogens (tertiary/aromatic N) is 1. The molecule has 1 aliphatic heterocycles. The maximum absolute atomic E-state index is 12.3. The molecule has 1 aromatic carbocycles. The third kappa shape index (κ3) is 3.73. The van der Waals surface area contributed by atoms with Gasteiger partial charge in [-0.05, 0) is 48.8 Å². The summed E-state index contributed by atoms with van der Waals surface area (Å²) >= 11 is 0. The van der Waals surface area contributed by atoms with Crippen molar-refractivity contribution in [3.8, 4) is 0 Å². The molecule has 2 atom stereocenters. The lowest BCUT2D eigenvalue weighted by atomic mass is 9.86. The molecule has 1 heterocycles. The third-order valence-corrected chi connectivity index (χ3v) is 4.81. The summed E-state index contributed by atoms with van der Waals surface area (Å²) in [4.78, 5) is 25.4. The van der Waals surface area contributed by atoms with Gasteiger partial charge in [0.25, 0.3) is 0 Å². The highest BCUT2D eigenvalue weighted by molar-refractivity contribution is 5.92. The van der Waals surface area contributed by atoms with Crippen LogP contribution in [0.4, 0.5) is 4.79 Å². The van der Waals surface area contributed by atoms with E-state index in [2.05, 4.69) is 17.5 Å². The molecule has 5 nitrogen and oxygen atoms in total. The average molecular weight is 313 g/mol. The molecular weight excluding hydrogens is 290 g/mol. The third-order valence-electron chi connectivity index (χ3n) is 4.81. The van der Waals surface area contributed by atoms with E-state index in [4.69, 9.17) is 5.73 Å². The van der Waals surface area contributed by atoms with E-state index in [0.717, 1.165) is 31.5 Å². The van der Waals surface area contributed by atoms with E-state index < -0.39 is 5.91 Å². The van der Waals surface area contributed by atoms with Crippen LogP contribution in [0.5, 0.6) is 0 Å². The number of carbonyl (C=O) groups is 2. The van der Waals surface area contributed by atoms with Crippen LogP contribution in [0, 0.1) is 11.8 Å². The molecule has 2 unspecified atom stereocenters. The molecule has 1 fully saturated rings. The van der Waals surface area contributed by atoms with Crippen molar-refractivity contribution in [1.29, 1.82) is 0 Å². The normalized spacial score (nSPS) is 22.7. The predicted octanol–water partition coefficient (Wildman–Crippen LogP) is 1.94. The largest absolute Gasteiger partial charge is 0.366 e. The summed E-state index contributed by atoms with van der Waals surface area (Å²) in [6.07, 6.45) is 7.33. The zero-order valence-electron chi connectivity index (χ0n) is 13.2. The number of nitrogens with one attached hydrogen (secondary N) is 1. The van der Waals surface area contributed by atoms with E-state index in [9.17, 15) is 9.59 Å². The van der Waals surface area contributed by atoms with E-state index in [1.54, 1.807) is 12.1 Å². The van der Waals surface area contributed by atoms with E-state index in [1.807, 2.05) is 17.0 Å². The molecule has 122 valence electrons. The quantitative estimate of drug-likeness (QED) is 0.834. The summed E-state index contributed by atoms with van der Waals surface area (Å²) in [5, 5.41) is 2.98. The smallest absolute Gasteiger partial charge is 0.317 e. The Bertz CT molecular complexity index is 610. The number of nitrogens with two attached hydrogens (primary N) is 1. The Morgan fingerprint density at radius 1 is 1.17 bits per heavy atom. The van der Waals surface area contributed by atoms with Crippen LogP contribution in [0.15, 0.2) is 36.4 Å². The van der Waals surface area contributed by atoms with Crippen molar-refractivity contribution in [2.75, 3.05) is 19.6 Å². The van der Waals surface area contributed by atoms with Gasteiger partial charge < -0.3 is 16.0 Å². The van der Waals surface area contributed by atoms with E-state index in [0.29, 0.717) is 30.4 Å². The Labute approximate surface area is 136 Å². The Morgan fingerprint density at radius 3 is 2.52 bits per heavy atom. The molecule has 2 aliphatic rings. The molecule has 3 N–H and O–H groups in total. The first-order chi connectivity index (χ1) is 11.1. The van der Waals surface area contributed by atoms with Gasteiger partial charge in [0.15, 0.2) is 0 Å². The van der Waals surface area contributed by atoms with Crippen molar-refractivity contribution in [3.63, 3.8) is 0 Å². The second-order valence-electron chi connectivity index (χ2n) is 6.41. The molecule has 23 heavy (non-hydrogen) atoms. The van der Waals surface area contributed by atoms with Crippen LogP contribution < -0.4 is 11.1 Å². The van der Waals surface area contributed by atoms with Crippen molar-refractivity contribution < 1.29 is 9.59 Å². The first-order valence-corrected chi connectivity index (χ1v) is 8.20. The SMILES string of the molecule is NC(=O)c1cccc(CCNC(=O)N2CC3CC=CCC3C2)c1. The number of primary amides is 1. The number of carbonyl (C=O) groups excluding carboxylic acids is 2. The molecule has 0 spiro atoms. The number of amides is 3. The molecular formula is C18H23N3O2. The minimum Gasteiger partial charge on any atom is -0.366 e. The lowest BCUT2D eigenvalue weighted by Crippen LogP contribution is -2.39. The highest BCUT2D eigenvalue weighted by atomic mass is 16.2. The van der Waals surface area contributed by atoms with Gasteiger partial charge in [0.05, 0.1) is 0 Å². The zero-order chi connectivity index (χ0) is 16.2. The second kappa shape index (κ2) is 6.86. The van der Waals surface area contributed by atoms with Gasteiger partial charge in [-0.1, -0.05) is 24.3 Å². The van der Waals surface area contributed by atoms with Crippen molar-refractivity contribution >= 4 is 11.9 Å². The Kier molecular flexibility index (Phi) is 4.65. The molecule has 1 saturated heterocycles. The first-order valence-electron chi connectivity index (χ1n) is 8.20. The molecule has 3 amide bonds. The van der Waals surface area contributed by atoms with Crippen LogP contribution in [0.3, 0.4) is 0 Å². The fraction of sp³-hybridized carbons (Fsp3) is 0.444. The lowest BCUT2D eigenvalue weighted by Gasteiger charge is -2.17. The summed E-state index contributed by atoms with van der Waals surface area (Å²) in [7, 11) is 0. The molecule has 5 heteroatoms. The van der Waals surface area contributed by atoms with Gasteiger partial charge in [0.2, 0.25) is 5.91 Å². The monoisotopic (exact) mass is 313 g/mol. The molecule has 0 aromatic heterocycles. The molecule has 1 aliphatic carbocycles. The number of benzene rings is 1. The lowest BCUT2D eigenvalue weighted by molar-refractivity contribution is 0.1000. The van der Waals surface area contributed by atoms with Crippen molar-refractivity contribution in [2.24, 2.45) is 17.6 Å². The Hall–Kier alpha value is -2.30. The molecule has 1 aromatic rings. The molecule has 0 saturated carbocycles. The van der Waals surface area contributed by atoms with E-state index >= 15 is 0 Å². The van der Waals surface area contributed by atoms with Crippen LogP contribution in [-0.4, -0.2) is 36.5 Å². The highest BCUT2D eigenvalue weighted by Crippen LogP contribution is 2.32. The molecule has 0 radical (unpaired) electrons. The zero-order valence-corrected chi connectivity index (χ0v) is 13.2. The topological polar surface area (TPSA) is 75.4 Å². The number of hydrogen-bond acceptors (Lipinski definition) is 2. The van der Waals surface area contributed by atoms with Crippen LogP contribution in [0.25, 0.3) is 0 Å². The van der Waals surface area contributed by atoms with Crippen molar-refractivity contribution in [1.82, 2.24) is 10.2 Å². The number of hydrogen-bond donors (Lipinski definition) is 2. The van der Waals surface area contributed by atoms with E-state index in [1.165, 1.54) is 0 Å². The maximum atomic E-state index is 12.3. The number of rotatable bonds is 4. The van der Waals surface area contributed by atoms with Gasteiger partial charge in [0, 0.05) is 25.2 Å². The van der Waals surface area contributed by atoms with Crippen LogP contribution >= 0.6 is 0 Å². The Morgan fingerprint density at radius 2 is 1.87 bits per heavy atom. The maximum Gasteiger partial charge on any atom is 0.317 e. The first kappa shape index (κ1) is 15.6. The molecule has 0 bridgehead atoms. The van der Waals surface area contributed by atoms with Crippen LogP contribution in [-0.2, 0) is 6.42 Å². The van der Waals surface area contributed by atoms with Crippen molar-refractivity contribution in [3.05, 3.63) is 47.5 Å². The van der Waals surface area contributed by atoms with Gasteiger partial charge in [-0.2, -0.15) is 0 Å². The minimum atomic E-state index is -0.427. The fourth-order valence-corrected chi connectivity index (χ4v) is 3.49. The number of urea groups is 1. The number of likely N-dealkylation sites (tertiary alicyclic amines) is 1. The van der Waals surface area contributed by atoms with Gasteiger partial charge in [-0.25, -0.2) is 4.79 Å². The number of fused-ring (bicyclic) bond motifs is 1. The molecule has 3 rings (SSSR count). The summed E-state index contributed by atoms with van der Waals surface area (Å²) in [6.45, 7) is 2.28. The van der Waals surface area contributed by atoms with Gasteiger partial charge in [-0.3, -0.25) is 4.79 Å². The van der Waals surface area contributed by atoms with Crippen LogP contribution in [0.1, 0.15) is 28.8 Å². The fourth-order valence-electron chi connectivity index (χ4n) is 3.49. The summed E-state index contributed by atoms with van der Waals surface area (Å²) < 4.78 is 0. The highest BCUT2D eigenvalue weighted by Gasteiger charge is 2.34. The van der Waals surface area contributed by atoms with Gasteiger partial charge >= 0.3 is 6.03 Å². The average Bonchev–Trinajstić information content (AvgIpc) is 2.99. The minimum absolute atomic E-state index is 0.0189. The van der Waals surface area contributed by atoms with E-state index in [-0.39, 0.29) is 6.03 Å². The second-order valence-corrected chi connectivity index (χ2v) is 6.41. The Balaban J connectivity index is 1.46. The number of allylic oxidation sites excluding steroid dienone is 2.